The van der Waals surface area contributed by atoms with Crippen molar-refractivity contribution in [3.8, 4) is 0 Å². The number of anilines is 1. The van der Waals surface area contributed by atoms with Gasteiger partial charge in [-0.2, -0.15) is 0 Å². The summed E-state index contributed by atoms with van der Waals surface area (Å²) in [6.07, 6.45) is -1.12. The van der Waals surface area contributed by atoms with Crippen molar-refractivity contribution in [2.24, 2.45) is 17.8 Å². The second-order valence-corrected chi connectivity index (χ2v) is 9.81. The van der Waals surface area contributed by atoms with Crippen LogP contribution >= 0.6 is 0 Å². The third-order valence-electron chi connectivity index (χ3n) is 6.40. The van der Waals surface area contributed by atoms with E-state index in [0.29, 0.717) is 5.69 Å². The third kappa shape index (κ3) is 4.23. The van der Waals surface area contributed by atoms with Gasteiger partial charge in [0.15, 0.2) is 0 Å². The van der Waals surface area contributed by atoms with E-state index in [2.05, 4.69) is 16.0 Å². The lowest BCUT2D eigenvalue weighted by molar-refractivity contribution is -0.147. The number of hydrogen-bond donors (Lipinski definition) is 5. The van der Waals surface area contributed by atoms with Gasteiger partial charge in [0.05, 0.1) is 11.6 Å². The zero-order valence-electron chi connectivity index (χ0n) is 19.0. The fourth-order valence-corrected chi connectivity index (χ4v) is 5.12. The summed E-state index contributed by atoms with van der Waals surface area (Å²) in [6.45, 7) is 4.91. The molecule has 2 fully saturated rings. The van der Waals surface area contributed by atoms with Crippen LogP contribution in [-0.2, 0) is 14.3 Å². The Morgan fingerprint density at radius 1 is 1.03 bits per heavy atom. The van der Waals surface area contributed by atoms with Crippen molar-refractivity contribution < 1.29 is 34.1 Å². The van der Waals surface area contributed by atoms with Gasteiger partial charge in [0.1, 0.15) is 11.1 Å². The van der Waals surface area contributed by atoms with Gasteiger partial charge in [-0.05, 0) is 38.1 Å². The van der Waals surface area contributed by atoms with E-state index in [1.807, 2.05) is 30.3 Å². The molecular weight excluding hydrogens is 442 g/mol. The minimum atomic E-state index is -1.87. The Bertz CT molecular complexity index is 1170. The first kappa shape index (κ1) is 23.3. The Kier molecular flexibility index (Phi) is 5.63. The van der Waals surface area contributed by atoms with Crippen LogP contribution in [0.4, 0.5) is 15.3 Å². The second-order valence-electron chi connectivity index (χ2n) is 9.81. The van der Waals surface area contributed by atoms with E-state index >= 15 is 0 Å². The van der Waals surface area contributed by atoms with Crippen molar-refractivity contribution in [2.75, 3.05) is 5.32 Å². The van der Waals surface area contributed by atoms with Crippen LogP contribution in [0.15, 0.2) is 42.5 Å². The third-order valence-corrected chi connectivity index (χ3v) is 6.40. The predicted octanol–water partition coefficient (Wildman–Crippen LogP) is 3.03. The van der Waals surface area contributed by atoms with Crippen LogP contribution in [0.3, 0.4) is 0 Å². The first-order chi connectivity index (χ1) is 15.9. The van der Waals surface area contributed by atoms with Gasteiger partial charge >= 0.3 is 24.1 Å². The number of urea groups is 1. The number of carbonyl (C=O) groups excluding carboxylic acids is 2. The topological polar surface area (TPSA) is 154 Å². The Morgan fingerprint density at radius 2 is 1.71 bits per heavy atom. The quantitative estimate of drug-likeness (QED) is 0.451. The van der Waals surface area contributed by atoms with Crippen molar-refractivity contribution in [3.05, 3.63) is 42.5 Å². The molecule has 0 saturated heterocycles. The molecule has 0 aliphatic heterocycles. The number of rotatable bonds is 5. The normalized spacial score (nSPS) is 27.4. The zero-order chi connectivity index (χ0) is 24.8. The zero-order valence-corrected chi connectivity index (χ0v) is 19.0. The lowest BCUT2D eigenvalue weighted by Crippen LogP contribution is -2.58. The van der Waals surface area contributed by atoms with E-state index in [9.17, 15) is 29.4 Å². The fourth-order valence-electron chi connectivity index (χ4n) is 5.12. The molecule has 2 aromatic rings. The van der Waals surface area contributed by atoms with Crippen LogP contribution in [-0.4, -0.2) is 51.5 Å². The number of ether oxygens (including phenoxy) is 1. The minimum absolute atomic E-state index is 0.163. The summed E-state index contributed by atoms with van der Waals surface area (Å²) in [5.74, 6) is -5.06. The molecule has 5 unspecified atom stereocenters. The number of fused-ring (bicyclic) bond motifs is 2. The maximum Gasteiger partial charge on any atom is 0.408 e. The molecule has 0 bridgehead atoms. The molecule has 0 radical (unpaired) electrons. The van der Waals surface area contributed by atoms with Crippen LogP contribution in [0, 0.1) is 17.8 Å². The van der Waals surface area contributed by atoms with Crippen LogP contribution in [0.2, 0.25) is 0 Å². The molecule has 10 nitrogen and oxygen atoms in total. The van der Waals surface area contributed by atoms with E-state index < -0.39 is 59.0 Å². The van der Waals surface area contributed by atoms with Crippen LogP contribution in [0.1, 0.15) is 27.2 Å². The first-order valence-electron chi connectivity index (χ1n) is 11.0. The number of amides is 3. The molecule has 0 heterocycles. The fraction of sp³-hybridized carbons (Fsp3) is 0.417. The molecule has 3 amide bonds. The van der Waals surface area contributed by atoms with Gasteiger partial charge < -0.3 is 30.9 Å². The number of carboxylic acid groups (broad SMARTS) is 2. The van der Waals surface area contributed by atoms with Crippen molar-refractivity contribution in [1.29, 1.82) is 0 Å². The molecule has 5 N–H and O–H groups in total. The molecule has 5 atom stereocenters. The number of alkyl carbamates (subject to hydrolysis) is 1. The average Bonchev–Trinajstić information content (AvgIpc) is 3.41. The smallest absolute Gasteiger partial charge is 0.408 e. The summed E-state index contributed by atoms with van der Waals surface area (Å²) < 4.78 is 5.21. The molecule has 180 valence electrons. The van der Waals surface area contributed by atoms with Gasteiger partial charge in [0.2, 0.25) is 0 Å². The highest BCUT2D eigenvalue weighted by Gasteiger charge is 2.76. The molecule has 0 spiro atoms. The maximum atomic E-state index is 12.8. The standard InChI is InChI=1S/C24H27N3O7/c1-23(2,3)34-22(33)27-24(20(30)31)11-15(16-17(18(16)24)19(28)29)26-21(32)25-14-10-6-8-12-7-4-5-9-13(12)14/h4-10,15-18H,11H2,1-3H3,(H,27,33)(H,28,29)(H,30,31)(H2,25,26,32). The second kappa shape index (κ2) is 8.19. The molecule has 10 heteroatoms. The summed E-state index contributed by atoms with van der Waals surface area (Å²) in [7, 11) is 0. The monoisotopic (exact) mass is 469 g/mol. The molecule has 4 rings (SSSR count). The highest BCUT2D eigenvalue weighted by Crippen LogP contribution is 2.62. The van der Waals surface area contributed by atoms with Gasteiger partial charge in [-0.3, -0.25) is 4.79 Å². The summed E-state index contributed by atoms with van der Waals surface area (Å²) >= 11 is 0. The first-order valence-corrected chi connectivity index (χ1v) is 11.0. The molecule has 2 aliphatic carbocycles. The van der Waals surface area contributed by atoms with Gasteiger partial charge in [0, 0.05) is 23.8 Å². The molecular formula is C24H27N3O7. The van der Waals surface area contributed by atoms with Gasteiger partial charge in [-0.1, -0.05) is 36.4 Å². The minimum Gasteiger partial charge on any atom is -0.481 e. The lowest BCUT2D eigenvalue weighted by Gasteiger charge is -2.31. The number of nitrogens with one attached hydrogen (secondary N) is 3. The Hall–Kier alpha value is -3.82. The van der Waals surface area contributed by atoms with E-state index in [0.717, 1.165) is 10.8 Å². The van der Waals surface area contributed by atoms with Gasteiger partial charge in [-0.15, -0.1) is 0 Å². The maximum absolute atomic E-state index is 12.8. The van der Waals surface area contributed by atoms with E-state index in [4.69, 9.17) is 4.74 Å². The largest absolute Gasteiger partial charge is 0.481 e. The highest BCUT2D eigenvalue weighted by atomic mass is 16.6. The SMILES string of the molecule is CC(C)(C)OC(=O)NC1(C(=O)O)CC(NC(=O)Nc2cccc3ccccc23)C2C(C(=O)O)C21. The van der Waals surface area contributed by atoms with Crippen LogP contribution in [0.5, 0.6) is 0 Å². The van der Waals surface area contributed by atoms with Crippen molar-refractivity contribution in [2.45, 2.75) is 44.4 Å². The molecule has 34 heavy (non-hydrogen) atoms. The molecule has 0 aromatic heterocycles. The number of benzene rings is 2. The van der Waals surface area contributed by atoms with Crippen LogP contribution < -0.4 is 16.0 Å². The Morgan fingerprint density at radius 3 is 2.35 bits per heavy atom. The summed E-state index contributed by atoms with van der Waals surface area (Å²) in [6, 6.07) is 11.6. The highest BCUT2D eigenvalue weighted by molar-refractivity contribution is 6.01. The Balaban J connectivity index is 1.54. The number of carboxylic acids is 2. The lowest BCUT2D eigenvalue weighted by atomic mass is 9.89. The predicted molar refractivity (Wildman–Crippen MR) is 122 cm³/mol. The summed E-state index contributed by atoms with van der Waals surface area (Å²) in [4.78, 5) is 49.3. The number of carbonyl (C=O) groups is 4. The van der Waals surface area contributed by atoms with Gasteiger partial charge in [-0.25, -0.2) is 14.4 Å². The van der Waals surface area contributed by atoms with E-state index in [1.54, 1.807) is 32.9 Å². The molecule has 2 saturated carbocycles. The van der Waals surface area contributed by atoms with Crippen molar-refractivity contribution >= 4 is 40.5 Å². The van der Waals surface area contributed by atoms with E-state index in [1.165, 1.54) is 0 Å². The number of hydrogen-bond acceptors (Lipinski definition) is 5. The molecule has 2 aliphatic rings. The Labute approximate surface area is 195 Å². The van der Waals surface area contributed by atoms with Crippen LogP contribution in [0.25, 0.3) is 10.8 Å². The number of aliphatic carboxylic acids is 2. The van der Waals surface area contributed by atoms with E-state index in [-0.39, 0.29) is 6.42 Å². The summed E-state index contributed by atoms with van der Waals surface area (Å²) in [5, 5.41) is 29.3. The van der Waals surface area contributed by atoms with Gasteiger partial charge in [0.25, 0.3) is 0 Å². The molecule has 2 aromatic carbocycles. The average molecular weight is 469 g/mol. The van der Waals surface area contributed by atoms with Crippen molar-refractivity contribution in [1.82, 2.24) is 10.6 Å². The summed E-state index contributed by atoms with van der Waals surface area (Å²) in [5.41, 5.74) is -2.17. The van der Waals surface area contributed by atoms with Crippen molar-refractivity contribution in [3.63, 3.8) is 0 Å².